The van der Waals surface area contributed by atoms with E-state index in [2.05, 4.69) is 26.8 Å². The van der Waals surface area contributed by atoms with Crippen LogP contribution in [-0.4, -0.2) is 18.4 Å². The average Bonchev–Trinajstić information content (AvgIpc) is 2.51. The molecule has 3 nitrogen and oxygen atoms in total. The second kappa shape index (κ2) is 11.3. The number of Topliss-reactive ketones (excluding diaryl/α,β-unsaturated/α-hetero) is 1. The SMILES string of the molecule is CCC(C)=CCCC(=CCOC(=O)C(=O)C(C)CC)CC. The molecule has 3 heteroatoms. The Balaban J connectivity index is 4.24. The van der Waals surface area contributed by atoms with Crippen LogP contribution >= 0.6 is 0 Å². The van der Waals surface area contributed by atoms with Crippen LogP contribution in [0.2, 0.25) is 0 Å². The molecule has 0 aliphatic heterocycles. The molecule has 0 aliphatic carbocycles. The van der Waals surface area contributed by atoms with Crippen molar-refractivity contribution in [3.63, 3.8) is 0 Å². The van der Waals surface area contributed by atoms with Crippen molar-refractivity contribution in [1.29, 1.82) is 0 Å². The Kier molecular flexibility index (Phi) is 10.6. The number of ether oxygens (including phenoxy) is 1. The van der Waals surface area contributed by atoms with E-state index in [4.69, 9.17) is 4.74 Å². The van der Waals surface area contributed by atoms with E-state index in [0.717, 1.165) is 25.7 Å². The predicted molar refractivity (Wildman–Crippen MR) is 87.1 cm³/mol. The molecule has 0 radical (unpaired) electrons. The van der Waals surface area contributed by atoms with E-state index in [0.29, 0.717) is 6.42 Å². The van der Waals surface area contributed by atoms with Crippen molar-refractivity contribution in [3.8, 4) is 0 Å². The first-order chi connectivity index (χ1) is 9.96. The molecule has 0 rings (SSSR count). The molecule has 0 aromatic carbocycles. The fourth-order valence-electron chi connectivity index (χ4n) is 1.76. The molecular formula is C18H30O3. The summed E-state index contributed by atoms with van der Waals surface area (Å²) in [7, 11) is 0. The summed E-state index contributed by atoms with van der Waals surface area (Å²) in [5.41, 5.74) is 2.66. The molecule has 0 amide bonds. The average molecular weight is 294 g/mol. The Morgan fingerprint density at radius 2 is 1.76 bits per heavy atom. The zero-order valence-corrected chi connectivity index (χ0v) is 14.2. The van der Waals surface area contributed by atoms with Gasteiger partial charge in [0.1, 0.15) is 6.61 Å². The maximum atomic E-state index is 11.6. The van der Waals surface area contributed by atoms with Gasteiger partial charge in [-0.05, 0) is 45.1 Å². The molecule has 0 saturated heterocycles. The van der Waals surface area contributed by atoms with E-state index in [9.17, 15) is 9.59 Å². The number of carbonyl (C=O) groups excluding carboxylic acids is 2. The molecule has 0 aliphatic rings. The summed E-state index contributed by atoms with van der Waals surface area (Å²) in [4.78, 5) is 23.1. The lowest BCUT2D eigenvalue weighted by Gasteiger charge is -2.07. The number of esters is 1. The fraction of sp³-hybridized carbons (Fsp3) is 0.667. The smallest absolute Gasteiger partial charge is 0.375 e. The van der Waals surface area contributed by atoms with E-state index < -0.39 is 11.8 Å². The zero-order valence-electron chi connectivity index (χ0n) is 14.2. The van der Waals surface area contributed by atoms with Gasteiger partial charge in [-0.25, -0.2) is 4.79 Å². The molecular weight excluding hydrogens is 264 g/mol. The molecule has 21 heavy (non-hydrogen) atoms. The first-order valence-electron chi connectivity index (χ1n) is 8.00. The fourth-order valence-corrected chi connectivity index (χ4v) is 1.76. The van der Waals surface area contributed by atoms with Crippen LogP contribution in [0.3, 0.4) is 0 Å². The van der Waals surface area contributed by atoms with E-state index in [1.54, 1.807) is 6.92 Å². The Morgan fingerprint density at radius 3 is 2.29 bits per heavy atom. The van der Waals surface area contributed by atoms with Crippen LogP contribution in [0.5, 0.6) is 0 Å². The van der Waals surface area contributed by atoms with E-state index in [1.165, 1.54) is 11.1 Å². The van der Waals surface area contributed by atoms with Crippen molar-refractivity contribution in [2.24, 2.45) is 5.92 Å². The Labute approximate surface area is 129 Å². The summed E-state index contributed by atoms with van der Waals surface area (Å²) in [6, 6.07) is 0. The molecule has 0 spiro atoms. The van der Waals surface area contributed by atoms with Crippen molar-refractivity contribution in [2.45, 2.75) is 66.7 Å². The molecule has 0 aromatic rings. The van der Waals surface area contributed by atoms with Crippen molar-refractivity contribution in [2.75, 3.05) is 6.61 Å². The van der Waals surface area contributed by atoms with Gasteiger partial charge in [-0.2, -0.15) is 0 Å². The van der Waals surface area contributed by atoms with Crippen LogP contribution in [0.15, 0.2) is 23.3 Å². The highest BCUT2D eigenvalue weighted by atomic mass is 16.5. The topological polar surface area (TPSA) is 43.4 Å². The van der Waals surface area contributed by atoms with Gasteiger partial charge in [0.2, 0.25) is 5.78 Å². The summed E-state index contributed by atoms with van der Waals surface area (Å²) in [6.45, 7) is 10.2. The van der Waals surface area contributed by atoms with Crippen LogP contribution in [0.1, 0.15) is 66.7 Å². The van der Waals surface area contributed by atoms with Gasteiger partial charge in [0, 0.05) is 5.92 Å². The summed E-state index contributed by atoms with van der Waals surface area (Å²) in [5, 5.41) is 0. The second-order valence-corrected chi connectivity index (χ2v) is 5.43. The van der Waals surface area contributed by atoms with Crippen molar-refractivity contribution in [3.05, 3.63) is 23.3 Å². The van der Waals surface area contributed by atoms with Gasteiger partial charge in [0.15, 0.2) is 0 Å². The third kappa shape index (κ3) is 8.49. The van der Waals surface area contributed by atoms with Crippen molar-refractivity contribution in [1.82, 2.24) is 0 Å². The normalized spacial score (nSPS) is 14.0. The molecule has 0 N–H and O–H groups in total. The maximum Gasteiger partial charge on any atom is 0.375 e. The van der Waals surface area contributed by atoms with Gasteiger partial charge >= 0.3 is 5.97 Å². The standard InChI is InChI=1S/C18H30O3/c1-6-14(4)10-9-11-16(8-3)12-13-21-18(20)17(19)15(5)7-2/h10,12,15H,6-9,11,13H2,1-5H3. The lowest BCUT2D eigenvalue weighted by atomic mass is 10.0. The number of allylic oxidation sites excluding steroid dienone is 3. The van der Waals surface area contributed by atoms with E-state index in [1.807, 2.05) is 13.0 Å². The summed E-state index contributed by atoms with van der Waals surface area (Å²) in [6.07, 6.45) is 8.85. The van der Waals surface area contributed by atoms with Crippen molar-refractivity contribution < 1.29 is 14.3 Å². The summed E-state index contributed by atoms with van der Waals surface area (Å²) < 4.78 is 5.03. The maximum absolute atomic E-state index is 11.6. The Hall–Kier alpha value is -1.38. The number of carbonyl (C=O) groups is 2. The number of rotatable bonds is 10. The summed E-state index contributed by atoms with van der Waals surface area (Å²) >= 11 is 0. The minimum absolute atomic E-state index is 0.195. The van der Waals surface area contributed by atoms with E-state index in [-0.39, 0.29) is 12.5 Å². The molecule has 0 saturated carbocycles. The number of ketones is 1. The van der Waals surface area contributed by atoms with Gasteiger partial charge in [0.25, 0.3) is 0 Å². The monoisotopic (exact) mass is 294 g/mol. The molecule has 0 heterocycles. The van der Waals surface area contributed by atoms with Gasteiger partial charge in [-0.1, -0.05) is 44.9 Å². The first kappa shape index (κ1) is 19.6. The van der Waals surface area contributed by atoms with Gasteiger partial charge in [0.05, 0.1) is 0 Å². The molecule has 120 valence electrons. The van der Waals surface area contributed by atoms with Crippen LogP contribution in [0, 0.1) is 5.92 Å². The van der Waals surface area contributed by atoms with Gasteiger partial charge in [-0.3, -0.25) is 4.79 Å². The largest absolute Gasteiger partial charge is 0.456 e. The van der Waals surface area contributed by atoms with Gasteiger partial charge < -0.3 is 4.74 Å². The van der Waals surface area contributed by atoms with Crippen LogP contribution in [-0.2, 0) is 14.3 Å². The van der Waals surface area contributed by atoms with Crippen LogP contribution in [0.25, 0.3) is 0 Å². The Morgan fingerprint density at radius 1 is 1.10 bits per heavy atom. The third-order valence-electron chi connectivity index (χ3n) is 3.82. The van der Waals surface area contributed by atoms with Crippen LogP contribution < -0.4 is 0 Å². The number of hydrogen-bond acceptors (Lipinski definition) is 3. The number of hydrogen-bond donors (Lipinski definition) is 0. The highest BCUT2D eigenvalue weighted by molar-refractivity contribution is 6.34. The predicted octanol–water partition coefficient (Wildman–Crippen LogP) is 4.62. The second-order valence-electron chi connectivity index (χ2n) is 5.43. The van der Waals surface area contributed by atoms with Crippen LogP contribution in [0.4, 0.5) is 0 Å². The molecule has 0 fully saturated rings. The molecule has 0 aromatic heterocycles. The lowest BCUT2D eigenvalue weighted by molar-refractivity contribution is -0.154. The first-order valence-corrected chi connectivity index (χ1v) is 8.00. The quantitative estimate of drug-likeness (QED) is 0.335. The zero-order chi connectivity index (χ0) is 16.3. The molecule has 1 unspecified atom stereocenters. The third-order valence-corrected chi connectivity index (χ3v) is 3.82. The van der Waals surface area contributed by atoms with Gasteiger partial charge in [-0.15, -0.1) is 0 Å². The lowest BCUT2D eigenvalue weighted by Crippen LogP contribution is -2.23. The molecule has 0 bridgehead atoms. The minimum Gasteiger partial charge on any atom is -0.456 e. The highest BCUT2D eigenvalue weighted by Gasteiger charge is 2.20. The summed E-state index contributed by atoms with van der Waals surface area (Å²) in [5.74, 6) is -1.39. The highest BCUT2D eigenvalue weighted by Crippen LogP contribution is 2.12. The molecule has 1 atom stereocenters. The van der Waals surface area contributed by atoms with Crippen molar-refractivity contribution >= 4 is 11.8 Å². The van der Waals surface area contributed by atoms with E-state index >= 15 is 0 Å². The minimum atomic E-state index is -0.710. The Bertz CT molecular complexity index is 391.